The van der Waals surface area contributed by atoms with E-state index < -0.39 is 0 Å². The van der Waals surface area contributed by atoms with E-state index in [2.05, 4.69) is 29.8 Å². The normalized spacial score (nSPS) is 17.1. The average molecular weight is 292 g/mol. The standard InChI is InChI=1S/C16H24N2OS/c1-2-9-18-10-7-14(8-11-18)17-16(19)12-13-3-5-15(20)6-4-13/h3-6,14,20H,2,7-12H2,1H3,(H,17,19). The Morgan fingerprint density at radius 2 is 1.95 bits per heavy atom. The summed E-state index contributed by atoms with van der Waals surface area (Å²) in [5.74, 6) is 0.130. The van der Waals surface area contributed by atoms with Crippen molar-refractivity contribution in [2.45, 2.75) is 43.5 Å². The summed E-state index contributed by atoms with van der Waals surface area (Å²) in [5.41, 5.74) is 1.05. The van der Waals surface area contributed by atoms with Crippen LogP contribution in [0.25, 0.3) is 0 Å². The van der Waals surface area contributed by atoms with Gasteiger partial charge in [-0.2, -0.15) is 0 Å². The molecule has 3 nitrogen and oxygen atoms in total. The zero-order valence-electron chi connectivity index (χ0n) is 12.1. The van der Waals surface area contributed by atoms with Crippen molar-refractivity contribution in [2.24, 2.45) is 0 Å². The van der Waals surface area contributed by atoms with E-state index in [4.69, 9.17) is 0 Å². The Labute approximate surface area is 127 Å². The summed E-state index contributed by atoms with van der Waals surface area (Å²) in [5, 5.41) is 3.16. The highest BCUT2D eigenvalue weighted by Gasteiger charge is 2.19. The lowest BCUT2D eigenvalue weighted by Gasteiger charge is -2.32. The van der Waals surface area contributed by atoms with Crippen LogP contribution in [0, 0.1) is 0 Å². The topological polar surface area (TPSA) is 32.3 Å². The zero-order chi connectivity index (χ0) is 14.4. The predicted molar refractivity (Wildman–Crippen MR) is 85.3 cm³/mol. The molecule has 0 radical (unpaired) electrons. The SMILES string of the molecule is CCCN1CCC(NC(=O)Cc2ccc(S)cc2)CC1. The molecule has 110 valence electrons. The molecular weight excluding hydrogens is 268 g/mol. The fraction of sp³-hybridized carbons (Fsp3) is 0.562. The van der Waals surface area contributed by atoms with E-state index in [9.17, 15) is 4.79 Å². The number of benzene rings is 1. The number of hydrogen-bond acceptors (Lipinski definition) is 3. The van der Waals surface area contributed by atoms with Crippen LogP contribution >= 0.6 is 12.6 Å². The number of hydrogen-bond donors (Lipinski definition) is 2. The van der Waals surface area contributed by atoms with Gasteiger partial charge in [-0.1, -0.05) is 19.1 Å². The third kappa shape index (κ3) is 4.84. The molecule has 0 saturated carbocycles. The highest BCUT2D eigenvalue weighted by Crippen LogP contribution is 2.12. The van der Waals surface area contributed by atoms with E-state index in [1.54, 1.807) is 0 Å². The number of nitrogens with zero attached hydrogens (tertiary/aromatic N) is 1. The first-order valence-corrected chi connectivity index (χ1v) is 7.91. The number of piperidine rings is 1. The van der Waals surface area contributed by atoms with Crippen LogP contribution in [0.2, 0.25) is 0 Å². The summed E-state index contributed by atoms with van der Waals surface area (Å²) in [6, 6.07) is 8.13. The monoisotopic (exact) mass is 292 g/mol. The van der Waals surface area contributed by atoms with Crippen LogP contribution in [0.1, 0.15) is 31.7 Å². The van der Waals surface area contributed by atoms with Gasteiger partial charge in [0.1, 0.15) is 0 Å². The fourth-order valence-electron chi connectivity index (χ4n) is 2.70. The van der Waals surface area contributed by atoms with Crippen LogP contribution in [0.15, 0.2) is 29.2 Å². The van der Waals surface area contributed by atoms with Crippen LogP contribution in [0.4, 0.5) is 0 Å². The van der Waals surface area contributed by atoms with Crippen molar-refractivity contribution in [3.8, 4) is 0 Å². The molecule has 0 aromatic heterocycles. The number of thiol groups is 1. The van der Waals surface area contributed by atoms with E-state index >= 15 is 0 Å². The van der Waals surface area contributed by atoms with Gasteiger partial charge in [0.25, 0.3) is 0 Å². The molecule has 1 heterocycles. The largest absolute Gasteiger partial charge is 0.353 e. The van der Waals surface area contributed by atoms with Crippen molar-refractivity contribution in [1.29, 1.82) is 0 Å². The summed E-state index contributed by atoms with van der Waals surface area (Å²) in [7, 11) is 0. The first kappa shape index (κ1) is 15.4. The van der Waals surface area contributed by atoms with Crippen molar-refractivity contribution < 1.29 is 4.79 Å². The molecule has 1 aromatic rings. The number of likely N-dealkylation sites (tertiary alicyclic amines) is 1. The Bertz CT molecular complexity index is 425. The van der Waals surface area contributed by atoms with Gasteiger partial charge in [-0.25, -0.2) is 0 Å². The van der Waals surface area contributed by atoms with Crippen LogP contribution in [0.5, 0.6) is 0 Å². The van der Waals surface area contributed by atoms with Gasteiger partial charge in [-0.3, -0.25) is 4.79 Å². The zero-order valence-corrected chi connectivity index (χ0v) is 13.0. The lowest BCUT2D eigenvalue weighted by Crippen LogP contribution is -2.45. The van der Waals surface area contributed by atoms with Crippen molar-refractivity contribution >= 4 is 18.5 Å². The lowest BCUT2D eigenvalue weighted by molar-refractivity contribution is -0.121. The Morgan fingerprint density at radius 3 is 2.55 bits per heavy atom. The number of rotatable bonds is 5. The maximum absolute atomic E-state index is 12.0. The second-order valence-corrected chi connectivity index (χ2v) is 6.04. The van der Waals surface area contributed by atoms with Gasteiger partial charge in [-0.15, -0.1) is 12.6 Å². The van der Waals surface area contributed by atoms with Crippen LogP contribution in [0.3, 0.4) is 0 Å². The second kappa shape index (κ2) is 7.70. The van der Waals surface area contributed by atoms with Crippen LogP contribution in [-0.2, 0) is 11.2 Å². The minimum absolute atomic E-state index is 0.130. The van der Waals surface area contributed by atoms with E-state index in [-0.39, 0.29) is 5.91 Å². The molecule has 4 heteroatoms. The molecule has 1 N–H and O–H groups in total. The first-order chi connectivity index (χ1) is 9.67. The van der Waals surface area contributed by atoms with Gasteiger partial charge >= 0.3 is 0 Å². The molecular formula is C16H24N2OS. The van der Waals surface area contributed by atoms with E-state index in [1.165, 1.54) is 13.0 Å². The number of carbonyl (C=O) groups excluding carboxylic acids is 1. The summed E-state index contributed by atoms with van der Waals surface area (Å²) in [6.07, 6.45) is 3.81. The van der Waals surface area contributed by atoms with Gasteiger partial charge in [0.2, 0.25) is 5.91 Å². The molecule has 1 aliphatic heterocycles. The Hall–Kier alpha value is -1.00. The first-order valence-electron chi connectivity index (χ1n) is 7.47. The maximum Gasteiger partial charge on any atom is 0.224 e. The second-order valence-electron chi connectivity index (χ2n) is 5.53. The molecule has 0 unspecified atom stereocenters. The van der Waals surface area contributed by atoms with E-state index in [0.717, 1.165) is 36.4 Å². The van der Waals surface area contributed by atoms with Crippen molar-refractivity contribution in [3.63, 3.8) is 0 Å². The summed E-state index contributed by atoms with van der Waals surface area (Å²) in [4.78, 5) is 15.4. The number of amides is 1. The van der Waals surface area contributed by atoms with Crippen LogP contribution < -0.4 is 5.32 Å². The minimum atomic E-state index is 0.130. The molecule has 0 aliphatic carbocycles. The maximum atomic E-state index is 12.0. The molecule has 1 saturated heterocycles. The van der Waals surface area contributed by atoms with Gasteiger partial charge in [0.15, 0.2) is 0 Å². The highest BCUT2D eigenvalue weighted by molar-refractivity contribution is 7.80. The Morgan fingerprint density at radius 1 is 1.30 bits per heavy atom. The quantitative estimate of drug-likeness (QED) is 0.817. The van der Waals surface area contributed by atoms with E-state index in [0.29, 0.717) is 12.5 Å². The molecule has 1 fully saturated rings. The summed E-state index contributed by atoms with van der Waals surface area (Å²) in [6.45, 7) is 5.60. The van der Waals surface area contributed by atoms with Crippen molar-refractivity contribution in [2.75, 3.05) is 19.6 Å². The fourth-order valence-corrected chi connectivity index (χ4v) is 2.84. The smallest absolute Gasteiger partial charge is 0.224 e. The van der Waals surface area contributed by atoms with E-state index in [1.807, 2.05) is 24.3 Å². The van der Waals surface area contributed by atoms with Gasteiger partial charge in [0, 0.05) is 24.0 Å². The average Bonchev–Trinajstić information content (AvgIpc) is 2.44. The van der Waals surface area contributed by atoms with Gasteiger partial charge in [0.05, 0.1) is 6.42 Å². The molecule has 20 heavy (non-hydrogen) atoms. The van der Waals surface area contributed by atoms with Gasteiger partial charge < -0.3 is 10.2 Å². The molecule has 0 atom stereocenters. The highest BCUT2D eigenvalue weighted by atomic mass is 32.1. The molecule has 0 spiro atoms. The van der Waals surface area contributed by atoms with Crippen LogP contribution in [-0.4, -0.2) is 36.5 Å². The summed E-state index contributed by atoms with van der Waals surface area (Å²) >= 11 is 4.25. The third-order valence-electron chi connectivity index (χ3n) is 3.79. The molecule has 1 aromatic carbocycles. The summed E-state index contributed by atoms with van der Waals surface area (Å²) < 4.78 is 0. The lowest BCUT2D eigenvalue weighted by atomic mass is 10.0. The van der Waals surface area contributed by atoms with Crippen molar-refractivity contribution in [1.82, 2.24) is 10.2 Å². The Kier molecular flexibility index (Phi) is 5.92. The number of nitrogens with one attached hydrogen (secondary N) is 1. The third-order valence-corrected chi connectivity index (χ3v) is 4.09. The van der Waals surface area contributed by atoms with Crippen molar-refractivity contribution in [3.05, 3.63) is 29.8 Å². The number of carbonyl (C=O) groups is 1. The Balaban J connectivity index is 1.74. The molecule has 2 rings (SSSR count). The molecule has 1 aliphatic rings. The molecule has 0 bridgehead atoms. The molecule has 1 amide bonds. The van der Waals surface area contributed by atoms with Gasteiger partial charge in [-0.05, 0) is 43.5 Å². The minimum Gasteiger partial charge on any atom is -0.353 e. The predicted octanol–water partition coefficient (Wildman–Crippen LogP) is 2.51.